The van der Waals surface area contributed by atoms with Crippen LogP contribution in [0.2, 0.25) is 0 Å². The number of carbonyl (C=O) groups is 1. The number of benzene rings is 2. The molecule has 8 heteroatoms. The molecule has 1 amide bonds. The third-order valence-corrected chi connectivity index (χ3v) is 5.27. The van der Waals surface area contributed by atoms with Gasteiger partial charge in [0.1, 0.15) is 5.82 Å². The smallest absolute Gasteiger partial charge is 0.257 e. The minimum absolute atomic E-state index is 0.257. The van der Waals surface area contributed by atoms with Gasteiger partial charge in [-0.05, 0) is 72.8 Å². The van der Waals surface area contributed by atoms with Gasteiger partial charge in [-0.25, -0.2) is 4.98 Å². The zero-order chi connectivity index (χ0) is 26.0. The van der Waals surface area contributed by atoms with Gasteiger partial charge in [0.05, 0.1) is 28.4 Å². The second-order valence-electron chi connectivity index (χ2n) is 7.65. The molecule has 3 aromatic heterocycles. The maximum atomic E-state index is 12.7. The van der Waals surface area contributed by atoms with Gasteiger partial charge in [-0.15, -0.1) is 0 Å². The second-order valence-corrected chi connectivity index (χ2v) is 7.65. The van der Waals surface area contributed by atoms with Crippen molar-refractivity contribution in [2.24, 2.45) is 0 Å². The Kier molecular flexibility index (Phi) is 7.99. The first kappa shape index (κ1) is 24.8. The van der Waals surface area contributed by atoms with Crippen molar-refractivity contribution in [1.29, 1.82) is 5.26 Å². The Morgan fingerprint density at radius 3 is 2.22 bits per heavy atom. The summed E-state index contributed by atoms with van der Waals surface area (Å²) in [5.74, 6) is 0.315. The van der Waals surface area contributed by atoms with Crippen LogP contribution in [-0.4, -0.2) is 20.9 Å². The van der Waals surface area contributed by atoms with Crippen LogP contribution in [0.25, 0.3) is 10.9 Å². The predicted octanol–water partition coefficient (Wildman–Crippen LogP) is 6.66. The Morgan fingerprint density at radius 2 is 1.51 bits per heavy atom. The number of nitrogens with zero attached hydrogens (tertiary/aromatic N) is 4. The lowest BCUT2D eigenvalue weighted by atomic mass is 10.1. The highest BCUT2D eigenvalue weighted by Crippen LogP contribution is 2.25. The zero-order valence-corrected chi connectivity index (χ0v) is 20.4. The Balaban J connectivity index is 0.00000156. The molecule has 2 aromatic carbocycles. The number of hydrogen-bond donors (Lipinski definition) is 3. The molecule has 0 fully saturated rings. The van der Waals surface area contributed by atoms with Crippen LogP contribution in [0.3, 0.4) is 0 Å². The van der Waals surface area contributed by atoms with E-state index in [4.69, 9.17) is 0 Å². The van der Waals surface area contributed by atoms with Crippen molar-refractivity contribution < 1.29 is 4.79 Å². The molecule has 5 aromatic rings. The molecule has 0 radical (unpaired) electrons. The maximum absolute atomic E-state index is 12.7. The topological polar surface area (TPSA) is 116 Å². The van der Waals surface area contributed by atoms with Crippen molar-refractivity contribution in [3.8, 4) is 6.07 Å². The standard InChI is InChI=1S/C27H19N7O.C2H6/c28-16-18-1-7-24-23(15-18)25(11-14-30-24)34-26-8-2-19(17-31-26)27(35)33-21-5-3-20(4-6-21)32-22-9-12-29-13-10-22;1-2/h1-15,17H,(H,29,32)(H,33,35)(H,30,31,34);1-2H3. The van der Waals surface area contributed by atoms with Gasteiger partial charge in [0.25, 0.3) is 5.91 Å². The summed E-state index contributed by atoms with van der Waals surface area (Å²) in [6.07, 6.45) is 6.64. The third kappa shape index (κ3) is 6.24. The largest absolute Gasteiger partial charge is 0.355 e. The SMILES string of the molecule is CC.N#Cc1ccc2nccc(Nc3ccc(C(=O)Nc4ccc(Nc5ccncc5)cc4)cn3)c2c1. The monoisotopic (exact) mass is 487 g/mol. The molecule has 0 aliphatic carbocycles. The Labute approximate surface area is 215 Å². The Hall–Kier alpha value is -5.29. The maximum Gasteiger partial charge on any atom is 0.257 e. The van der Waals surface area contributed by atoms with Crippen molar-refractivity contribution in [3.63, 3.8) is 0 Å². The number of amides is 1. The molecule has 5 rings (SSSR count). The fraction of sp³-hybridized carbons (Fsp3) is 0.0690. The van der Waals surface area contributed by atoms with Crippen molar-refractivity contribution in [2.75, 3.05) is 16.0 Å². The molecule has 0 saturated heterocycles. The van der Waals surface area contributed by atoms with Gasteiger partial charge in [-0.1, -0.05) is 13.8 Å². The van der Waals surface area contributed by atoms with Crippen LogP contribution in [0.4, 0.5) is 28.6 Å². The second kappa shape index (κ2) is 11.9. The van der Waals surface area contributed by atoms with E-state index >= 15 is 0 Å². The lowest BCUT2D eigenvalue weighted by Crippen LogP contribution is -2.12. The number of hydrogen-bond acceptors (Lipinski definition) is 7. The Bertz CT molecular complexity index is 1530. The van der Waals surface area contributed by atoms with E-state index in [0.29, 0.717) is 22.6 Å². The molecule has 3 N–H and O–H groups in total. The molecule has 0 aliphatic rings. The summed E-state index contributed by atoms with van der Waals surface area (Å²) >= 11 is 0. The van der Waals surface area contributed by atoms with E-state index < -0.39 is 0 Å². The number of anilines is 5. The summed E-state index contributed by atoms with van der Waals surface area (Å²) in [4.78, 5) is 25.4. The molecule has 0 atom stereocenters. The molecule has 182 valence electrons. The van der Waals surface area contributed by atoms with Gasteiger partial charge in [0.15, 0.2) is 0 Å². The van der Waals surface area contributed by atoms with Crippen molar-refractivity contribution >= 4 is 45.4 Å². The first-order chi connectivity index (χ1) is 18.2. The van der Waals surface area contributed by atoms with Crippen LogP contribution in [0.1, 0.15) is 29.8 Å². The van der Waals surface area contributed by atoms with E-state index in [1.807, 2.05) is 62.4 Å². The van der Waals surface area contributed by atoms with Crippen LogP contribution < -0.4 is 16.0 Å². The summed E-state index contributed by atoms with van der Waals surface area (Å²) < 4.78 is 0. The molecular formula is C29H25N7O. The minimum Gasteiger partial charge on any atom is -0.355 e. The molecule has 37 heavy (non-hydrogen) atoms. The van der Waals surface area contributed by atoms with Gasteiger partial charge in [0, 0.05) is 47.2 Å². The number of rotatable bonds is 6. The van der Waals surface area contributed by atoms with Crippen molar-refractivity contribution in [2.45, 2.75) is 13.8 Å². The lowest BCUT2D eigenvalue weighted by molar-refractivity contribution is 0.102. The summed E-state index contributed by atoms with van der Waals surface area (Å²) in [5.41, 5.74) is 5.03. The third-order valence-electron chi connectivity index (χ3n) is 5.27. The number of nitrogens with one attached hydrogen (secondary N) is 3. The van der Waals surface area contributed by atoms with Crippen LogP contribution >= 0.6 is 0 Å². The van der Waals surface area contributed by atoms with Crippen LogP contribution in [0.15, 0.2) is 97.6 Å². The van der Waals surface area contributed by atoms with E-state index in [1.54, 1.807) is 42.9 Å². The fourth-order valence-electron chi connectivity index (χ4n) is 3.51. The molecule has 8 nitrogen and oxygen atoms in total. The molecule has 0 unspecified atom stereocenters. The number of aromatic nitrogens is 3. The van der Waals surface area contributed by atoms with Crippen LogP contribution in [0.5, 0.6) is 0 Å². The van der Waals surface area contributed by atoms with Crippen molar-refractivity contribution in [3.05, 3.63) is 109 Å². The molecule has 0 saturated carbocycles. The van der Waals surface area contributed by atoms with Crippen molar-refractivity contribution in [1.82, 2.24) is 15.0 Å². The average Bonchev–Trinajstić information content (AvgIpc) is 2.96. The summed E-state index contributed by atoms with van der Waals surface area (Å²) in [5, 5.41) is 19.4. The normalized spacial score (nSPS) is 9.97. The number of pyridine rings is 3. The molecule has 0 bridgehead atoms. The lowest BCUT2D eigenvalue weighted by Gasteiger charge is -2.10. The van der Waals surface area contributed by atoms with E-state index in [0.717, 1.165) is 28.0 Å². The summed E-state index contributed by atoms with van der Waals surface area (Å²) in [7, 11) is 0. The number of carbonyl (C=O) groups excluding carboxylic acids is 1. The van der Waals surface area contributed by atoms with Gasteiger partial charge in [-0.3, -0.25) is 14.8 Å². The van der Waals surface area contributed by atoms with Gasteiger partial charge >= 0.3 is 0 Å². The molecule has 3 heterocycles. The van der Waals surface area contributed by atoms with Crippen LogP contribution in [0, 0.1) is 11.3 Å². The highest BCUT2D eigenvalue weighted by molar-refractivity contribution is 6.04. The zero-order valence-electron chi connectivity index (χ0n) is 20.4. The first-order valence-electron chi connectivity index (χ1n) is 11.8. The molecular weight excluding hydrogens is 462 g/mol. The molecule has 0 spiro atoms. The minimum atomic E-state index is -0.257. The van der Waals surface area contributed by atoms with Gasteiger partial charge in [-0.2, -0.15) is 5.26 Å². The highest BCUT2D eigenvalue weighted by atomic mass is 16.1. The highest BCUT2D eigenvalue weighted by Gasteiger charge is 2.09. The van der Waals surface area contributed by atoms with E-state index in [-0.39, 0.29) is 5.91 Å². The van der Waals surface area contributed by atoms with Gasteiger partial charge in [0.2, 0.25) is 0 Å². The van der Waals surface area contributed by atoms with E-state index in [9.17, 15) is 10.1 Å². The quantitative estimate of drug-likeness (QED) is 0.245. The predicted molar refractivity (Wildman–Crippen MR) is 147 cm³/mol. The number of nitriles is 1. The number of fused-ring (bicyclic) bond motifs is 1. The van der Waals surface area contributed by atoms with Crippen LogP contribution in [-0.2, 0) is 0 Å². The van der Waals surface area contributed by atoms with E-state index in [2.05, 4.69) is 37.0 Å². The first-order valence-corrected chi connectivity index (χ1v) is 11.8. The fourth-order valence-corrected chi connectivity index (χ4v) is 3.51. The molecule has 0 aliphatic heterocycles. The van der Waals surface area contributed by atoms with Gasteiger partial charge < -0.3 is 16.0 Å². The van der Waals surface area contributed by atoms with E-state index in [1.165, 1.54) is 6.20 Å². The summed E-state index contributed by atoms with van der Waals surface area (Å²) in [6, 6.07) is 23.9. The average molecular weight is 488 g/mol. The Morgan fingerprint density at radius 1 is 0.784 bits per heavy atom. The summed E-state index contributed by atoms with van der Waals surface area (Å²) in [6.45, 7) is 4.00.